The van der Waals surface area contributed by atoms with E-state index in [-0.39, 0.29) is 23.4 Å². The van der Waals surface area contributed by atoms with E-state index in [1.807, 2.05) is 26.8 Å². The maximum Gasteiger partial charge on any atom is 0.198 e. The van der Waals surface area contributed by atoms with E-state index in [0.717, 1.165) is 5.56 Å². The zero-order chi connectivity index (χ0) is 14.7. The molecule has 0 fully saturated rings. The van der Waals surface area contributed by atoms with Gasteiger partial charge in [-0.25, -0.2) is 9.37 Å². The lowest BCUT2D eigenvalue weighted by Crippen LogP contribution is -2.29. The van der Waals surface area contributed by atoms with E-state index in [0.29, 0.717) is 24.6 Å². The van der Waals surface area contributed by atoms with Crippen LogP contribution < -0.4 is 5.32 Å². The molecular weight excluding hydrogens is 259 g/mol. The molecule has 0 radical (unpaired) electrons. The standard InChI is InChI=1S/C15H21FN2O2/c1-9(2)15-18-13-6-11(5-12(16)14(13)20-15)7-17-10(3)8-19-4/h5-6,9-10,17H,7-8H2,1-4H3. The maximum atomic E-state index is 14.0. The number of benzene rings is 1. The Balaban J connectivity index is 2.19. The van der Waals surface area contributed by atoms with Crippen LogP contribution >= 0.6 is 0 Å². The largest absolute Gasteiger partial charge is 0.437 e. The number of methoxy groups -OCH3 is 1. The van der Waals surface area contributed by atoms with E-state index in [9.17, 15) is 4.39 Å². The molecule has 0 saturated carbocycles. The Labute approximate surface area is 118 Å². The van der Waals surface area contributed by atoms with Crippen LogP contribution in [0.3, 0.4) is 0 Å². The van der Waals surface area contributed by atoms with Crippen LogP contribution in [-0.2, 0) is 11.3 Å². The van der Waals surface area contributed by atoms with E-state index in [4.69, 9.17) is 9.15 Å². The van der Waals surface area contributed by atoms with Gasteiger partial charge in [-0.3, -0.25) is 0 Å². The smallest absolute Gasteiger partial charge is 0.198 e. The summed E-state index contributed by atoms with van der Waals surface area (Å²) in [6.07, 6.45) is 0. The van der Waals surface area contributed by atoms with Crippen molar-refractivity contribution in [2.75, 3.05) is 13.7 Å². The SMILES string of the molecule is COCC(C)NCc1cc(F)c2oc(C(C)C)nc2c1. The van der Waals surface area contributed by atoms with Gasteiger partial charge in [-0.1, -0.05) is 13.8 Å². The first kappa shape index (κ1) is 14.9. The van der Waals surface area contributed by atoms with Crippen LogP contribution in [0.1, 0.15) is 38.1 Å². The molecule has 20 heavy (non-hydrogen) atoms. The Morgan fingerprint density at radius 3 is 2.75 bits per heavy atom. The summed E-state index contributed by atoms with van der Waals surface area (Å²) >= 11 is 0. The first-order chi connectivity index (χ1) is 9.51. The highest BCUT2D eigenvalue weighted by atomic mass is 19.1. The summed E-state index contributed by atoms with van der Waals surface area (Å²) in [4.78, 5) is 4.34. The number of hydrogen-bond acceptors (Lipinski definition) is 4. The normalized spacial score (nSPS) is 13.3. The van der Waals surface area contributed by atoms with Gasteiger partial charge in [0.25, 0.3) is 0 Å². The minimum Gasteiger partial charge on any atom is -0.437 e. The predicted molar refractivity (Wildman–Crippen MR) is 76.2 cm³/mol. The topological polar surface area (TPSA) is 47.3 Å². The van der Waals surface area contributed by atoms with Crippen molar-refractivity contribution in [2.24, 2.45) is 0 Å². The second kappa shape index (κ2) is 6.33. The highest BCUT2D eigenvalue weighted by molar-refractivity contribution is 5.74. The fraction of sp³-hybridized carbons (Fsp3) is 0.533. The number of nitrogens with one attached hydrogen (secondary N) is 1. The van der Waals surface area contributed by atoms with Crippen molar-refractivity contribution in [1.82, 2.24) is 10.3 Å². The van der Waals surface area contributed by atoms with Crippen molar-refractivity contribution >= 4 is 11.1 Å². The minimum atomic E-state index is -0.363. The molecule has 5 heteroatoms. The molecule has 1 atom stereocenters. The van der Waals surface area contributed by atoms with Crippen molar-refractivity contribution < 1.29 is 13.5 Å². The number of oxazole rings is 1. The fourth-order valence-electron chi connectivity index (χ4n) is 2.01. The molecule has 0 bridgehead atoms. The summed E-state index contributed by atoms with van der Waals surface area (Å²) in [5.41, 5.74) is 1.66. The van der Waals surface area contributed by atoms with E-state index < -0.39 is 0 Å². The van der Waals surface area contributed by atoms with Crippen LogP contribution in [0.2, 0.25) is 0 Å². The quantitative estimate of drug-likeness (QED) is 0.882. The van der Waals surface area contributed by atoms with Gasteiger partial charge in [-0.15, -0.1) is 0 Å². The maximum absolute atomic E-state index is 14.0. The van der Waals surface area contributed by atoms with Crippen LogP contribution in [-0.4, -0.2) is 24.7 Å². The molecule has 0 spiro atoms. The Bertz CT molecular complexity index is 581. The molecule has 1 aromatic carbocycles. The second-order valence-electron chi connectivity index (χ2n) is 5.37. The predicted octanol–water partition coefficient (Wildman–Crippen LogP) is 3.21. The molecule has 4 nitrogen and oxygen atoms in total. The third kappa shape index (κ3) is 3.35. The Kier molecular flexibility index (Phi) is 4.73. The first-order valence-corrected chi connectivity index (χ1v) is 6.82. The summed E-state index contributed by atoms with van der Waals surface area (Å²) in [6, 6.07) is 3.56. The van der Waals surface area contributed by atoms with Gasteiger partial charge in [0.15, 0.2) is 17.3 Å². The van der Waals surface area contributed by atoms with Gasteiger partial charge in [0.1, 0.15) is 5.52 Å². The second-order valence-corrected chi connectivity index (χ2v) is 5.37. The van der Waals surface area contributed by atoms with Crippen LogP contribution in [0.5, 0.6) is 0 Å². The number of rotatable bonds is 6. The molecule has 2 aromatic rings. The van der Waals surface area contributed by atoms with Crippen molar-refractivity contribution in [1.29, 1.82) is 0 Å². The van der Waals surface area contributed by atoms with Crippen LogP contribution in [0.15, 0.2) is 16.5 Å². The van der Waals surface area contributed by atoms with Crippen molar-refractivity contribution in [2.45, 2.75) is 39.3 Å². The number of nitrogens with zero attached hydrogens (tertiary/aromatic N) is 1. The minimum absolute atomic E-state index is 0.144. The number of halogens is 1. The molecule has 1 heterocycles. The Hall–Kier alpha value is -1.46. The van der Waals surface area contributed by atoms with Gasteiger partial charge in [0, 0.05) is 25.6 Å². The lowest BCUT2D eigenvalue weighted by atomic mass is 10.2. The van der Waals surface area contributed by atoms with Crippen molar-refractivity contribution in [3.63, 3.8) is 0 Å². The van der Waals surface area contributed by atoms with Gasteiger partial charge < -0.3 is 14.5 Å². The summed E-state index contributed by atoms with van der Waals surface area (Å²) in [5.74, 6) is 0.347. The summed E-state index contributed by atoms with van der Waals surface area (Å²) in [5, 5.41) is 3.27. The molecule has 0 aliphatic rings. The Morgan fingerprint density at radius 1 is 1.35 bits per heavy atom. The van der Waals surface area contributed by atoms with Crippen LogP contribution in [0, 0.1) is 5.82 Å². The summed E-state index contributed by atoms with van der Waals surface area (Å²) in [7, 11) is 1.66. The lowest BCUT2D eigenvalue weighted by Gasteiger charge is -2.12. The first-order valence-electron chi connectivity index (χ1n) is 6.82. The highest BCUT2D eigenvalue weighted by Gasteiger charge is 2.14. The average molecular weight is 280 g/mol. The molecule has 110 valence electrons. The molecule has 1 N–H and O–H groups in total. The van der Waals surface area contributed by atoms with Crippen molar-refractivity contribution in [3.05, 3.63) is 29.4 Å². The number of hydrogen-bond donors (Lipinski definition) is 1. The molecule has 0 aliphatic heterocycles. The fourth-order valence-corrected chi connectivity index (χ4v) is 2.01. The average Bonchev–Trinajstić information content (AvgIpc) is 2.81. The summed E-state index contributed by atoms with van der Waals surface area (Å²) < 4.78 is 24.5. The molecule has 0 aliphatic carbocycles. The molecule has 1 unspecified atom stereocenters. The van der Waals surface area contributed by atoms with Crippen molar-refractivity contribution in [3.8, 4) is 0 Å². The van der Waals surface area contributed by atoms with Gasteiger partial charge in [0.2, 0.25) is 0 Å². The van der Waals surface area contributed by atoms with Crippen LogP contribution in [0.4, 0.5) is 4.39 Å². The lowest BCUT2D eigenvalue weighted by molar-refractivity contribution is 0.171. The zero-order valence-corrected chi connectivity index (χ0v) is 12.4. The summed E-state index contributed by atoms with van der Waals surface area (Å²) in [6.45, 7) is 7.15. The third-order valence-corrected chi connectivity index (χ3v) is 3.09. The van der Waals surface area contributed by atoms with Crippen LogP contribution in [0.25, 0.3) is 11.1 Å². The number of ether oxygens (including phenoxy) is 1. The molecule has 1 aromatic heterocycles. The van der Waals surface area contributed by atoms with Gasteiger partial charge in [0.05, 0.1) is 6.61 Å². The number of fused-ring (bicyclic) bond motifs is 1. The van der Waals surface area contributed by atoms with Gasteiger partial charge >= 0.3 is 0 Å². The third-order valence-electron chi connectivity index (χ3n) is 3.09. The van der Waals surface area contributed by atoms with E-state index >= 15 is 0 Å². The molecular formula is C15H21FN2O2. The Morgan fingerprint density at radius 2 is 2.10 bits per heavy atom. The van der Waals surface area contributed by atoms with Gasteiger partial charge in [-0.05, 0) is 24.6 Å². The van der Waals surface area contributed by atoms with Gasteiger partial charge in [-0.2, -0.15) is 0 Å². The van der Waals surface area contributed by atoms with E-state index in [1.54, 1.807) is 7.11 Å². The van der Waals surface area contributed by atoms with E-state index in [1.165, 1.54) is 6.07 Å². The molecule has 0 saturated heterocycles. The molecule has 0 amide bonds. The molecule has 2 rings (SSSR count). The number of aromatic nitrogens is 1. The highest BCUT2D eigenvalue weighted by Crippen LogP contribution is 2.24. The monoisotopic (exact) mass is 280 g/mol. The zero-order valence-electron chi connectivity index (χ0n) is 12.4. The van der Waals surface area contributed by atoms with E-state index in [2.05, 4.69) is 10.3 Å².